The molecule has 0 aliphatic carbocycles. The maximum atomic E-state index is 14.7. The van der Waals surface area contributed by atoms with Crippen molar-refractivity contribution in [1.82, 2.24) is 0 Å². The number of aromatic hydroxyl groups is 7. The predicted molar refractivity (Wildman–Crippen MR) is 292 cm³/mol. The lowest BCUT2D eigenvalue weighted by Gasteiger charge is -2.45. The average Bonchev–Trinajstić information content (AvgIpc) is 0.901. The number of phenolic OH excluding ortho intramolecular Hbond substituents is 6. The molecule has 21 atom stereocenters. The van der Waals surface area contributed by atoms with Gasteiger partial charge in [-0.05, 0) is 42.5 Å². The van der Waals surface area contributed by atoms with Gasteiger partial charge in [0.05, 0.1) is 24.8 Å². The third kappa shape index (κ3) is 13.3. The Kier molecular flexibility index (Phi) is 19.5. The number of carboxylic acids is 1. The molecule has 0 amide bonds. The van der Waals surface area contributed by atoms with Crippen molar-refractivity contribution in [2.75, 3.05) is 19.8 Å². The van der Waals surface area contributed by atoms with E-state index in [1.165, 1.54) is 30.3 Å². The summed E-state index contributed by atoms with van der Waals surface area (Å²) in [6.45, 7) is -2.91. The summed E-state index contributed by atoms with van der Waals surface area (Å²) in [4.78, 5) is 53.6. The number of carbonyl (C=O) groups is 3. The predicted octanol–water partition coefficient (Wildman–Crippen LogP) is -4.69. The molecular formula is C57H61O35+. The zero-order valence-corrected chi connectivity index (χ0v) is 46.9. The maximum Gasteiger partial charge on any atom is 0.335 e. The number of carbonyl (C=O) groups excluding carboxylic acids is 2. The molecule has 5 aliphatic rings. The summed E-state index contributed by atoms with van der Waals surface area (Å²) in [6, 6.07) is 12.0. The van der Waals surface area contributed by atoms with E-state index in [2.05, 4.69) is 4.74 Å². The number of hydrogen-bond acceptors (Lipinski definition) is 33. The summed E-state index contributed by atoms with van der Waals surface area (Å²) >= 11 is 0. The van der Waals surface area contributed by atoms with Crippen LogP contribution >= 0.6 is 0 Å². The van der Waals surface area contributed by atoms with E-state index >= 15 is 0 Å². The Morgan fingerprint density at radius 2 is 1.16 bits per heavy atom. The first kappa shape index (κ1) is 66.5. The summed E-state index contributed by atoms with van der Waals surface area (Å²) in [7, 11) is 0. The molecule has 35 nitrogen and oxygen atoms in total. The van der Waals surface area contributed by atoms with Crippen molar-refractivity contribution >= 4 is 35.0 Å². The first-order valence-corrected chi connectivity index (χ1v) is 27.7. The van der Waals surface area contributed by atoms with Crippen LogP contribution < -0.4 is 14.9 Å². The number of carboxylic acid groups (broad SMARTS) is 1. The number of aliphatic hydroxyl groups excluding tert-OH is 12. The first-order valence-electron chi connectivity index (χ1n) is 27.7. The van der Waals surface area contributed by atoms with Crippen LogP contribution in [0.15, 0.2) is 81.7 Å². The van der Waals surface area contributed by atoms with E-state index in [-0.39, 0.29) is 39.7 Å². The van der Waals surface area contributed by atoms with Crippen molar-refractivity contribution < 1.29 is 168 Å². The Morgan fingerprint density at radius 1 is 0.543 bits per heavy atom. The Bertz CT molecular complexity index is 3610. The summed E-state index contributed by atoms with van der Waals surface area (Å²) in [6.07, 6.45) is -42.4. The lowest BCUT2D eigenvalue weighted by Crippen LogP contribution is -2.65. The number of aliphatic carboxylic acids is 1. The van der Waals surface area contributed by atoms with Crippen LogP contribution in [0.2, 0.25) is 0 Å². The molecule has 5 aromatic rings. The topological polar surface area (TPSA) is 571 Å². The van der Waals surface area contributed by atoms with E-state index in [0.29, 0.717) is 6.07 Å². The van der Waals surface area contributed by atoms with Gasteiger partial charge in [0, 0.05) is 29.8 Å². The van der Waals surface area contributed by atoms with Gasteiger partial charge in [-0.25, -0.2) is 4.79 Å². The lowest BCUT2D eigenvalue weighted by molar-refractivity contribution is -0.358. The Balaban J connectivity index is 0.870. The maximum absolute atomic E-state index is 14.7. The van der Waals surface area contributed by atoms with E-state index in [0.717, 1.165) is 36.4 Å². The third-order valence-corrected chi connectivity index (χ3v) is 15.4. The van der Waals surface area contributed by atoms with Crippen LogP contribution in [-0.2, 0) is 52.3 Å². The normalized spacial score (nSPS) is 32.9. The van der Waals surface area contributed by atoms with Gasteiger partial charge in [-0.3, -0.25) is 14.4 Å². The van der Waals surface area contributed by atoms with Gasteiger partial charge in [0.25, 0.3) is 11.9 Å². The molecule has 4 aromatic carbocycles. The number of hydrogen-bond donors (Lipinski definition) is 19. The highest BCUT2D eigenvalue weighted by molar-refractivity contribution is 5.91. The van der Waals surface area contributed by atoms with Crippen LogP contribution in [0.3, 0.4) is 0 Å². The van der Waals surface area contributed by atoms with E-state index < -0.39 is 230 Å². The van der Waals surface area contributed by atoms with Gasteiger partial charge < -0.3 is 154 Å². The smallest absolute Gasteiger partial charge is 0.335 e. The minimum Gasteiger partial charge on any atom is -0.571 e. The molecule has 1 aromatic heterocycles. The Morgan fingerprint density at radius 3 is 1.83 bits per heavy atom. The fraction of sp³-hybridized carbons (Fsp3) is 0.439. The second-order valence-electron chi connectivity index (χ2n) is 21.6. The molecule has 10 rings (SSSR count). The largest absolute Gasteiger partial charge is 0.571 e. The lowest BCUT2D eigenvalue weighted by atomic mass is 9.97. The molecule has 5 aliphatic heterocycles. The number of fused-ring (bicyclic) bond motifs is 2. The van der Waals surface area contributed by atoms with E-state index in [1.54, 1.807) is 0 Å². The fourth-order valence-corrected chi connectivity index (χ4v) is 10.5. The van der Waals surface area contributed by atoms with Crippen LogP contribution in [0.5, 0.6) is 51.7 Å². The van der Waals surface area contributed by atoms with Gasteiger partial charge in [0.1, 0.15) is 138 Å². The number of benzene rings is 4. The molecule has 20 N–H and O–H groups in total. The summed E-state index contributed by atoms with van der Waals surface area (Å²) in [5.41, 5.74) is -1.82. The molecule has 92 heavy (non-hydrogen) atoms. The second kappa shape index (κ2) is 27.0. The SMILES string of the molecule is O=C(CC(=O)O[C@H]1[C@H](Oc2cc(O)c3c(=O)c(O[C@@H]4O[C@H](CO)[C@@H](O)[C@H](O)[C@H]4O[C@@H]4O[C@H](CO)[C@@H](O)[C@H](O)[C@H]4O)c(-c4ccc(O)cc4)oc3c2)O[C@H](C(=O)O)[C@@H](O)[C@@H]1O)OC[C@H]1O[C@@H](OC2=Cc3c(O)cc(O)cc3[OH+]C2c2ccc(O)c(O)c2)[C@H](O)[C@@H](O)[C@@H]1O. The standard InChI is InChI=1S/C57H60O35/c58-14-30-36(68)40(72)46(78)55(86-30)92-52-42(74)37(69)31(15-59)87-57(52)90-49-39(71)35-26(65)10-21(11-28(35)84-48(49)17-1-4-19(60)5-2-17)82-56-51(44(76)43(75)50(91-56)53(79)80)89-34(67)13-33(66)81-16-32-38(70)41(73)45(77)54(88-32)85-29-12-22-24(63)8-20(61)9-27(22)83-47(29)18-3-6-23(62)25(64)7-18/h1-12,30-32,36-38,40-47,50-52,54-65,68-70,72-78H,13-16H2,(H,79,80)/p+1/t30-,31-,32-,36-,37-,38-,40+,41+,42+,43+,44+,45-,46-,47?,50+,51-,52-,54-,55+,56-,57+/m1/s1. The minimum absolute atomic E-state index is 0.00392. The van der Waals surface area contributed by atoms with Crippen molar-refractivity contribution in [3.8, 4) is 63.1 Å². The van der Waals surface area contributed by atoms with Gasteiger partial charge in [0.15, 0.2) is 47.6 Å². The van der Waals surface area contributed by atoms with Crippen molar-refractivity contribution in [3.63, 3.8) is 0 Å². The highest BCUT2D eigenvalue weighted by Gasteiger charge is 2.54. The molecule has 0 spiro atoms. The van der Waals surface area contributed by atoms with Crippen LogP contribution in [0.1, 0.15) is 23.7 Å². The number of aliphatic hydroxyl groups is 13. The number of phenols is 6. The zero-order chi connectivity index (χ0) is 66.5. The Labute approximate surface area is 513 Å². The first-order chi connectivity index (χ1) is 43.7. The molecule has 35 heteroatoms. The third-order valence-electron chi connectivity index (χ3n) is 15.4. The number of rotatable bonds is 18. The second-order valence-corrected chi connectivity index (χ2v) is 21.6. The Hall–Kier alpha value is -8.44. The van der Waals surface area contributed by atoms with Crippen molar-refractivity contribution in [2.45, 2.75) is 135 Å². The van der Waals surface area contributed by atoms with E-state index in [9.17, 15) is 116 Å². The van der Waals surface area contributed by atoms with Gasteiger partial charge in [-0.1, -0.05) is 0 Å². The molecular weight excluding hydrogens is 1240 g/mol. The summed E-state index contributed by atoms with van der Waals surface area (Å²) in [5, 5.41) is 200. The quantitative estimate of drug-likeness (QED) is 0.0170. The van der Waals surface area contributed by atoms with Gasteiger partial charge in [-0.15, -0.1) is 0 Å². The van der Waals surface area contributed by atoms with Crippen LogP contribution in [0.4, 0.5) is 0 Å². The van der Waals surface area contributed by atoms with Crippen molar-refractivity contribution in [2.24, 2.45) is 0 Å². The number of ether oxygens (including phenoxy) is 11. The molecule has 1 unspecified atom stereocenters. The van der Waals surface area contributed by atoms with Crippen molar-refractivity contribution in [3.05, 3.63) is 93.8 Å². The average molecular weight is 1310 g/mol. The van der Waals surface area contributed by atoms with E-state index in [1.807, 2.05) is 0 Å². The molecule has 4 fully saturated rings. The summed E-state index contributed by atoms with van der Waals surface area (Å²) < 4.78 is 66.7. The molecule has 4 saturated heterocycles. The van der Waals surface area contributed by atoms with Crippen LogP contribution in [0.25, 0.3) is 28.4 Å². The molecule has 6 heterocycles. The highest BCUT2D eigenvalue weighted by Crippen LogP contribution is 2.47. The van der Waals surface area contributed by atoms with Gasteiger partial charge in [0.2, 0.25) is 30.0 Å². The van der Waals surface area contributed by atoms with Gasteiger partial charge in [-0.2, -0.15) is 0 Å². The van der Waals surface area contributed by atoms with Crippen LogP contribution in [0, 0.1) is 0 Å². The minimum atomic E-state index is -2.41. The monoisotopic (exact) mass is 1310 g/mol. The molecule has 0 bridgehead atoms. The van der Waals surface area contributed by atoms with Gasteiger partial charge >= 0.3 is 17.9 Å². The van der Waals surface area contributed by atoms with Crippen molar-refractivity contribution in [1.29, 1.82) is 0 Å². The highest BCUT2D eigenvalue weighted by atomic mass is 16.8. The molecule has 0 radical (unpaired) electrons. The zero-order valence-electron chi connectivity index (χ0n) is 46.9. The van der Waals surface area contributed by atoms with E-state index in [4.69, 9.17) is 51.8 Å². The number of esters is 2. The van der Waals surface area contributed by atoms with Crippen LogP contribution in [-0.4, -0.2) is 262 Å². The fourth-order valence-electron chi connectivity index (χ4n) is 10.5. The molecule has 0 saturated carbocycles. The molecule has 498 valence electrons. The summed E-state index contributed by atoms with van der Waals surface area (Å²) in [5.74, 6) is -10.5.